The Morgan fingerprint density at radius 2 is 1.61 bits per heavy atom. The molecule has 0 bridgehead atoms. The van der Waals surface area contributed by atoms with Gasteiger partial charge in [-0.3, -0.25) is 14.5 Å². The molecule has 3 aromatic rings. The number of carbonyl (C=O) groups excluding carboxylic acids is 3. The summed E-state index contributed by atoms with van der Waals surface area (Å²) in [5.74, 6) is -2.30. The highest BCUT2D eigenvalue weighted by atomic mass is 19.1. The molecule has 0 aromatic heterocycles. The maximum atomic E-state index is 13.0. The van der Waals surface area contributed by atoms with Gasteiger partial charge in [0.25, 0.3) is 11.8 Å². The summed E-state index contributed by atoms with van der Waals surface area (Å²) in [5.41, 5.74) is 2.34. The van der Waals surface area contributed by atoms with E-state index in [1.54, 1.807) is 60.7 Å². The molecule has 33 heavy (non-hydrogen) atoms. The highest BCUT2D eigenvalue weighted by molar-refractivity contribution is 6.21. The van der Waals surface area contributed by atoms with E-state index in [0.717, 1.165) is 10.5 Å². The van der Waals surface area contributed by atoms with Crippen LogP contribution < -0.4 is 0 Å². The Balaban J connectivity index is 1.39. The van der Waals surface area contributed by atoms with Crippen molar-refractivity contribution in [2.45, 2.75) is 13.0 Å². The van der Waals surface area contributed by atoms with Gasteiger partial charge in [0.15, 0.2) is 0 Å². The molecule has 0 spiro atoms. The summed E-state index contributed by atoms with van der Waals surface area (Å²) in [4.78, 5) is 38.8. The van der Waals surface area contributed by atoms with Gasteiger partial charge >= 0.3 is 5.97 Å². The van der Waals surface area contributed by atoms with Gasteiger partial charge in [0.1, 0.15) is 12.4 Å². The summed E-state index contributed by atoms with van der Waals surface area (Å²) in [5, 5.41) is 9.37. The van der Waals surface area contributed by atoms with Crippen molar-refractivity contribution in [3.8, 4) is 6.07 Å². The molecule has 0 saturated heterocycles. The number of nitrogens with zero attached hydrogens (tertiary/aromatic N) is 2. The number of hydrogen-bond donors (Lipinski definition) is 0. The van der Waals surface area contributed by atoms with Crippen molar-refractivity contribution in [3.63, 3.8) is 0 Å². The number of imide groups is 1. The summed E-state index contributed by atoms with van der Waals surface area (Å²) < 4.78 is 18.4. The summed E-state index contributed by atoms with van der Waals surface area (Å²) in [6.45, 7) is -0.0891. The fraction of sp³-hybridized carbons (Fsp3) is 0.154. The van der Waals surface area contributed by atoms with Gasteiger partial charge in [-0.25, -0.2) is 9.18 Å². The number of hydrogen-bond acceptors (Lipinski definition) is 5. The van der Waals surface area contributed by atoms with Gasteiger partial charge in [-0.05, 0) is 53.9 Å². The van der Waals surface area contributed by atoms with Crippen molar-refractivity contribution >= 4 is 17.8 Å². The largest absolute Gasteiger partial charge is 0.461 e. The molecular weight excluding hydrogens is 423 g/mol. The van der Waals surface area contributed by atoms with E-state index >= 15 is 0 Å². The maximum Gasteiger partial charge on any atom is 0.338 e. The highest BCUT2D eigenvalue weighted by Gasteiger charge is 2.35. The number of esters is 1. The number of benzene rings is 3. The standard InChI is InChI=1S/C26H19FN2O4/c27-21-10-8-17(9-11-21)12-19(14-28)16-33-26(32)20-5-3-4-18(13-20)15-29-24(30)22-6-1-2-7-23(22)25(29)31/h1-11,13,19H,12,15-16H2/t19-/m0/s1. The van der Waals surface area contributed by atoms with Crippen LogP contribution in [0.15, 0.2) is 72.8 Å². The molecule has 6 nitrogen and oxygen atoms in total. The first-order valence-corrected chi connectivity index (χ1v) is 10.3. The maximum absolute atomic E-state index is 13.0. The molecule has 7 heteroatoms. The second-order valence-electron chi connectivity index (χ2n) is 7.70. The number of halogens is 1. The smallest absolute Gasteiger partial charge is 0.338 e. The highest BCUT2D eigenvalue weighted by Crippen LogP contribution is 2.24. The Hall–Kier alpha value is -4.31. The van der Waals surface area contributed by atoms with Crippen LogP contribution in [-0.4, -0.2) is 29.3 Å². The van der Waals surface area contributed by atoms with Gasteiger partial charge in [0, 0.05) is 0 Å². The summed E-state index contributed by atoms with van der Waals surface area (Å²) >= 11 is 0. The number of fused-ring (bicyclic) bond motifs is 1. The Morgan fingerprint density at radius 3 is 2.24 bits per heavy atom. The van der Waals surface area contributed by atoms with Crippen LogP contribution >= 0.6 is 0 Å². The van der Waals surface area contributed by atoms with Crippen molar-refractivity contribution in [2.24, 2.45) is 5.92 Å². The summed E-state index contributed by atoms with van der Waals surface area (Å²) in [7, 11) is 0. The summed E-state index contributed by atoms with van der Waals surface area (Å²) in [6.07, 6.45) is 0.323. The zero-order valence-corrected chi connectivity index (χ0v) is 17.5. The second kappa shape index (κ2) is 9.45. The van der Waals surface area contributed by atoms with Gasteiger partial charge in [0.2, 0.25) is 0 Å². The van der Waals surface area contributed by atoms with Crippen LogP contribution in [-0.2, 0) is 17.7 Å². The van der Waals surface area contributed by atoms with Crippen molar-refractivity contribution in [1.29, 1.82) is 5.26 Å². The van der Waals surface area contributed by atoms with Gasteiger partial charge in [-0.2, -0.15) is 5.26 Å². The SMILES string of the molecule is N#C[C@@H](COC(=O)c1cccc(CN2C(=O)c3ccccc3C2=O)c1)Cc1ccc(F)cc1. The molecule has 1 aliphatic rings. The van der Waals surface area contributed by atoms with E-state index in [9.17, 15) is 24.0 Å². The zero-order valence-electron chi connectivity index (χ0n) is 17.5. The lowest BCUT2D eigenvalue weighted by molar-refractivity contribution is 0.0467. The predicted octanol–water partition coefficient (Wildman–Crippen LogP) is 4.16. The molecule has 0 fully saturated rings. The van der Waals surface area contributed by atoms with Crippen LogP contribution in [0.4, 0.5) is 4.39 Å². The second-order valence-corrected chi connectivity index (χ2v) is 7.70. The third-order valence-electron chi connectivity index (χ3n) is 5.38. The number of nitriles is 1. The van der Waals surface area contributed by atoms with Crippen molar-refractivity contribution < 1.29 is 23.5 Å². The van der Waals surface area contributed by atoms with Crippen molar-refractivity contribution in [3.05, 3.63) is 106 Å². The lowest BCUT2D eigenvalue weighted by atomic mass is 10.0. The van der Waals surface area contributed by atoms with E-state index in [2.05, 4.69) is 6.07 Å². The van der Waals surface area contributed by atoms with Crippen molar-refractivity contribution in [1.82, 2.24) is 4.90 Å². The number of ether oxygens (including phenoxy) is 1. The Bertz CT molecular complexity index is 1230. The molecule has 3 aromatic carbocycles. The third-order valence-corrected chi connectivity index (χ3v) is 5.38. The van der Waals surface area contributed by atoms with Gasteiger partial charge in [0.05, 0.1) is 35.2 Å². The van der Waals surface area contributed by atoms with E-state index in [4.69, 9.17) is 4.74 Å². The van der Waals surface area contributed by atoms with Crippen LogP contribution in [0.2, 0.25) is 0 Å². The Kier molecular flexibility index (Phi) is 6.27. The molecule has 0 unspecified atom stereocenters. The first-order valence-electron chi connectivity index (χ1n) is 10.3. The average molecular weight is 442 g/mol. The third kappa shape index (κ3) is 4.80. The van der Waals surface area contributed by atoms with Gasteiger partial charge < -0.3 is 4.74 Å². The van der Waals surface area contributed by atoms with E-state index in [1.807, 2.05) is 0 Å². The van der Waals surface area contributed by atoms with E-state index in [-0.39, 0.29) is 36.3 Å². The Labute approximate surface area is 189 Å². The van der Waals surface area contributed by atoms with Crippen LogP contribution in [0, 0.1) is 23.1 Å². The van der Waals surface area contributed by atoms with E-state index in [0.29, 0.717) is 23.1 Å². The Morgan fingerprint density at radius 1 is 0.939 bits per heavy atom. The molecule has 1 heterocycles. The zero-order chi connectivity index (χ0) is 23.4. The first-order chi connectivity index (χ1) is 16.0. The van der Waals surface area contributed by atoms with Crippen LogP contribution in [0.3, 0.4) is 0 Å². The molecule has 164 valence electrons. The summed E-state index contributed by atoms with van der Waals surface area (Å²) in [6, 6.07) is 21.0. The quantitative estimate of drug-likeness (QED) is 0.405. The first kappa shape index (κ1) is 21.9. The molecule has 2 amide bonds. The molecule has 0 N–H and O–H groups in total. The average Bonchev–Trinajstić information content (AvgIpc) is 3.08. The van der Waals surface area contributed by atoms with E-state index < -0.39 is 11.9 Å². The minimum absolute atomic E-state index is 0.0266. The molecule has 0 radical (unpaired) electrons. The lowest BCUT2D eigenvalue weighted by Gasteiger charge is -2.15. The fourth-order valence-electron chi connectivity index (χ4n) is 3.67. The normalized spacial score (nSPS) is 13.4. The number of carbonyl (C=O) groups is 3. The molecule has 1 aliphatic heterocycles. The van der Waals surface area contributed by atoms with E-state index in [1.165, 1.54) is 12.1 Å². The predicted molar refractivity (Wildman–Crippen MR) is 117 cm³/mol. The number of amides is 2. The van der Waals surface area contributed by atoms with Crippen LogP contribution in [0.5, 0.6) is 0 Å². The molecule has 0 aliphatic carbocycles. The van der Waals surface area contributed by atoms with Crippen LogP contribution in [0.25, 0.3) is 0 Å². The molecule has 0 saturated carbocycles. The van der Waals surface area contributed by atoms with Crippen LogP contribution in [0.1, 0.15) is 42.2 Å². The fourth-order valence-corrected chi connectivity index (χ4v) is 3.67. The molecule has 4 rings (SSSR count). The monoisotopic (exact) mass is 442 g/mol. The topological polar surface area (TPSA) is 87.5 Å². The molecular formula is C26H19FN2O4. The van der Waals surface area contributed by atoms with Gasteiger partial charge in [-0.1, -0.05) is 36.4 Å². The lowest BCUT2D eigenvalue weighted by Crippen LogP contribution is -2.29. The number of rotatable bonds is 7. The van der Waals surface area contributed by atoms with Crippen molar-refractivity contribution in [2.75, 3.05) is 6.61 Å². The van der Waals surface area contributed by atoms with Gasteiger partial charge in [-0.15, -0.1) is 0 Å². The minimum atomic E-state index is -0.612. The minimum Gasteiger partial charge on any atom is -0.461 e. The molecule has 1 atom stereocenters.